The maximum Gasteiger partial charge on any atom is 0.416 e. The summed E-state index contributed by atoms with van der Waals surface area (Å²) in [6.45, 7) is 4.40. The van der Waals surface area contributed by atoms with Crippen molar-refractivity contribution in [1.82, 2.24) is 14.9 Å². The van der Waals surface area contributed by atoms with Crippen molar-refractivity contribution in [2.75, 3.05) is 6.54 Å². The predicted molar refractivity (Wildman–Crippen MR) is 95.6 cm³/mol. The summed E-state index contributed by atoms with van der Waals surface area (Å²) in [5, 5.41) is 3.38. The molecule has 0 saturated carbocycles. The minimum atomic E-state index is -4.30. The largest absolute Gasteiger partial charge is 0.416 e. The van der Waals surface area contributed by atoms with Crippen LogP contribution < -0.4 is 5.32 Å². The molecule has 0 aliphatic rings. The number of alkyl halides is 3. The zero-order valence-electron chi connectivity index (χ0n) is 14.4. The fourth-order valence-electron chi connectivity index (χ4n) is 2.74. The molecule has 1 aromatic heterocycles. The Morgan fingerprint density at radius 3 is 2.12 bits per heavy atom. The molecule has 0 spiro atoms. The smallest absolute Gasteiger partial charge is 0.334 e. The van der Waals surface area contributed by atoms with E-state index in [9.17, 15) is 13.2 Å². The molecule has 0 radical (unpaired) electrons. The van der Waals surface area contributed by atoms with Gasteiger partial charge in [0.05, 0.1) is 5.56 Å². The van der Waals surface area contributed by atoms with E-state index >= 15 is 0 Å². The highest BCUT2D eigenvalue weighted by molar-refractivity contribution is 5.64. The van der Waals surface area contributed by atoms with Crippen LogP contribution in [-0.4, -0.2) is 16.1 Å². The highest BCUT2D eigenvalue weighted by atomic mass is 19.4. The van der Waals surface area contributed by atoms with Gasteiger partial charge in [0.25, 0.3) is 0 Å². The van der Waals surface area contributed by atoms with Crippen LogP contribution in [0.3, 0.4) is 0 Å². The van der Waals surface area contributed by atoms with Crippen molar-refractivity contribution >= 4 is 0 Å². The summed E-state index contributed by atoms with van der Waals surface area (Å²) in [6.07, 6.45) is -0.561. The highest BCUT2D eigenvalue weighted by Gasteiger charge is 2.29. The average Bonchev–Trinajstić information content (AvgIpc) is 3.04. The number of aromatic nitrogens is 2. The van der Waals surface area contributed by atoms with Crippen molar-refractivity contribution in [3.63, 3.8) is 0 Å². The number of imidazole rings is 1. The van der Waals surface area contributed by atoms with Crippen LogP contribution in [0.25, 0.3) is 11.1 Å². The third-order valence-electron chi connectivity index (χ3n) is 4.28. The Labute approximate surface area is 150 Å². The second-order valence-corrected chi connectivity index (χ2v) is 6.12. The van der Waals surface area contributed by atoms with Crippen molar-refractivity contribution in [2.45, 2.75) is 26.2 Å². The van der Waals surface area contributed by atoms with Crippen LogP contribution in [0.5, 0.6) is 0 Å². The highest BCUT2D eigenvalue weighted by Crippen LogP contribution is 2.31. The molecule has 3 aromatic rings. The molecule has 136 valence electrons. The Balaban J connectivity index is 1.54. The molecule has 0 amide bonds. The number of hydrogen-bond donors (Lipinski definition) is 1. The third-order valence-corrected chi connectivity index (χ3v) is 4.28. The van der Waals surface area contributed by atoms with E-state index in [-0.39, 0.29) is 0 Å². The lowest BCUT2D eigenvalue weighted by molar-refractivity contribution is -0.137. The lowest BCUT2D eigenvalue weighted by Crippen LogP contribution is -2.19. The van der Waals surface area contributed by atoms with Gasteiger partial charge in [-0.05, 0) is 35.7 Å². The van der Waals surface area contributed by atoms with Crippen LogP contribution in [-0.2, 0) is 19.3 Å². The van der Waals surface area contributed by atoms with Crippen LogP contribution in [0.1, 0.15) is 17.0 Å². The lowest BCUT2D eigenvalue weighted by atomic mass is 10.0. The van der Waals surface area contributed by atoms with Crippen molar-refractivity contribution < 1.29 is 13.2 Å². The molecule has 0 aliphatic heterocycles. The Hall–Kier alpha value is -2.60. The van der Waals surface area contributed by atoms with Crippen molar-refractivity contribution in [3.05, 3.63) is 77.9 Å². The summed E-state index contributed by atoms with van der Waals surface area (Å²) in [5.74, 6) is 0.993. The average molecular weight is 359 g/mol. The SMILES string of the molecule is Cc1nccn1CCNCc1ccc(-c2ccc(C(F)(F)F)cc2)cc1. The first-order valence-corrected chi connectivity index (χ1v) is 8.38. The van der Waals surface area contributed by atoms with Gasteiger partial charge in [-0.1, -0.05) is 36.4 Å². The monoisotopic (exact) mass is 359 g/mol. The summed E-state index contributed by atoms with van der Waals surface area (Å²) in [4.78, 5) is 4.18. The van der Waals surface area contributed by atoms with Crippen molar-refractivity contribution in [3.8, 4) is 11.1 Å². The summed E-state index contributed by atoms with van der Waals surface area (Å²) in [5.41, 5.74) is 2.17. The first kappa shape index (κ1) is 18.2. The van der Waals surface area contributed by atoms with Crippen LogP contribution in [0.15, 0.2) is 60.9 Å². The van der Waals surface area contributed by atoms with Crippen molar-refractivity contribution in [2.24, 2.45) is 0 Å². The van der Waals surface area contributed by atoms with E-state index < -0.39 is 11.7 Å². The number of halogens is 3. The second kappa shape index (κ2) is 7.74. The van der Waals surface area contributed by atoms with E-state index in [1.165, 1.54) is 12.1 Å². The molecule has 0 unspecified atom stereocenters. The molecule has 2 aromatic carbocycles. The standard InChI is InChI=1S/C20H20F3N3/c1-15-25-11-13-26(15)12-10-24-14-16-2-4-17(5-3-16)18-6-8-19(9-7-18)20(21,22)23/h2-9,11,13,24H,10,12,14H2,1H3. The third kappa shape index (κ3) is 4.52. The molecule has 26 heavy (non-hydrogen) atoms. The Bertz CT molecular complexity index is 834. The number of nitrogens with one attached hydrogen (secondary N) is 1. The molecular weight excluding hydrogens is 339 g/mol. The number of aryl methyl sites for hydroxylation is 1. The summed E-state index contributed by atoms with van der Waals surface area (Å²) in [6, 6.07) is 13.1. The van der Waals surface area contributed by atoms with E-state index in [2.05, 4.69) is 14.9 Å². The zero-order chi connectivity index (χ0) is 18.6. The number of nitrogens with zero attached hydrogens (tertiary/aromatic N) is 2. The molecule has 3 nitrogen and oxygen atoms in total. The first-order valence-electron chi connectivity index (χ1n) is 8.38. The van der Waals surface area contributed by atoms with Gasteiger partial charge in [0.15, 0.2) is 0 Å². The van der Waals surface area contributed by atoms with Gasteiger partial charge in [-0.15, -0.1) is 0 Å². The topological polar surface area (TPSA) is 29.9 Å². The first-order chi connectivity index (χ1) is 12.4. The fourth-order valence-corrected chi connectivity index (χ4v) is 2.74. The predicted octanol–water partition coefficient (Wildman–Crippen LogP) is 4.67. The van der Waals surface area contributed by atoms with E-state index in [0.717, 1.165) is 54.3 Å². The Kier molecular flexibility index (Phi) is 5.42. The molecule has 1 N–H and O–H groups in total. The molecule has 0 bridgehead atoms. The molecule has 0 fully saturated rings. The van der Waals surface area contributed by atoms with Gasteiger partial charge in [-0.2, -0.15) is 13.2 Å². The maximum atomic E-state index is 12.6. The van der Waals surface area contributed by atoms with E-state index in [1.807, 2.05) is 37.4 Å². The molecular formula is C20H20F3N3. The number of rotatable bonds is 6. The second-order valence-electron chi connectivity index (χ2n) is 6.12. The molecule has 1 heterocycles. The van der Waals surface area contributed by atoms with E-state index in [1.54, 1.807) is 6.20 Å². The van der Waals surface area contributed by atoms with Gasteiger partial charge in [0, 0.05) is 32.0 Å². The Morgan fingerprint density at radius 2 is 1.58 bits per heavy atom. The molecule has 3 rings (SSSR count). The van der Waals surface area contributed by atoms with Crippen LogP contribution in [0.4, 0.5) is 13.2 Å². The van der Waals surface area contributed by atoms with Gasteiger partial charge in [-0.3, -0.25) is 0 Å². The number of benzene rings is 2. The normalized spacial score (nSPS) is 11.7. The van der Waals surface area contributed by atoms with Gasteiger partial charge in [0.2, 0.25) is 0 Å². The van der Waals surface area contributed by atoms with Gasteiger partial charge in [-0.25, -0.2) is 4.98 Å². The summed E-state index contributed by atoms with van der Waals surface area (Å²) < 4.78 is 40.0. The molecule has 6 heteroatoms. The number of hydrogen-bond acceptors (Lipinski definition) is 2. The van der Waals surface area contributed by atoms with Gasteiger partial charge in [0.1, 0.15) is 5.82 Å². The quantitative estimate of drug-likeness (QED) is 0.649. The van der Waals surface area contributed by atoms with Gasteiger partial charge < -0.3 is 9.88 Å². The van der Waals surface area contributed by atoms with Crippen LogP contribution in [0, 0.1) is 6.92 Å². The van der Waals surface area contributed by atoms with E-state index in [4.69, 9.17) is 0 Å². The Morgan fingerprint density at radius 1 is 0.962 bits per heavy atom. The molecule has 0 saturated heterocycles. The summed E-state index contributed by atoms with van der Waals surface area (Å²) >= 11 is 0. The van der Waals surface area contributed by atoms with E-state index in [0.29, 0.717) is 0 Å². The van der Waals surface area contributed by atoms with Crippen LogP contribution in [0.2, 0.25) is 0 Å². The lowest BCUT2D eigenvalue weighted by Gasteiger charge is -2.09. The maximum absolute atomic E-state index is 12.6. The van der Waals surface area contributed by atoms with Crippen LogP contribution >= 0.6 is 0 Å². The van der Waals surface area contributed by atoms with Crippen molar-refractivity contribution in [1.29, 1.82) is 0 Å². The zero-order valence-corrected chi connectivity index (χ0v) is 14.4. The summed E-state index contributed by atoms with van der Waals surface area (Å²) in [7, 11) is 0. The molecule has 0 atom stereocenters. The van der Waals surface area contributed by atoms with Gasteiger partial charge >= 0.3 is 6.18 Å². The fraction of sp³-hybridized carbons (Fsp3) is 0.250. The minimum absolute atomic E-state index is 0.629. The molecule has 0 aliphatic carbocycles. The minimum Gasteiger partial charge on any atom is -0.334 e.